The lowest BCUT2D eigenvalue weighted by molar-refractivity contribution is -0.116. The molecule has 0 aromatic carbocycles. The molecule has 26 heavy (non-hydrogen) atoms. The molecule has 0 fully saturated rings. The molecule has 2 N–H and O–H groups in total. The van der Waals surface area contributed by atoms with Crippen LogP contribution in [0.15, 0.2) is 52.3 Å². The molecule has 0 saturated carbocycles. The van der Waals surface area contributed by atoms with Crippen LogP contribution in [0.5, 0.6) is 0 Å². The van der Waals surface area contributed by atoms with Crippen molar-refractivity contribution in [3.63, 3.8) is 0 Å². The number of carbonyl (C=O) groups excluding carboxylic acids is 1. The van der Waals surface area contributed by atoms with Gasteiger partial charge < -0.3 is 15.2 Å². The molecule has 2 unspecified atom stereocenters. The van der Waals surface area contributed by atoms with Gasteiger partial charge in [-0.05, 0) is 53.3 Å². The minimum absolute atomic E-state index is 0.0588. The number of rotatable bonds is 4. The molecule has 2 aliphatic rings. The van der Waals surface area contributed by atoms with Gasteiger partial charge in [0.05, 0.1) is 12.4 Å². The van der Waals surface area contributed by atoms with Gasteiger partial charge in [0.25, 0.3) is 0 Å². The maximum Gasteiger partial charge on any atom is 0.243 e. The molecule has 1 amide bonds. The molecule has 0 bridgehead atoms. The summed E-state index contributed by atoms with van der Waals surface area (Å²) >= 11 is 1.70. The van der Waals surface area contributed by atoms with Gasteiger partial charge in [0.1, 0.15) is 5.82 Å². The lowest BCUT2D eigenvalue weighted by Gasteiger charge is -2.35. The van der Waals surface area contributed by atoms with Crippen LogP contribution >= 0.6 is 11.3 Å². The Morgan fingerprint density at radius 1 is 1.54 bits per heavy atom. The normalized spacial score (nSPS) is 21.9. The number of nitrogens with zero attached hydrogens (tertiary/aromatic N) is 2. The summed E-state index contributed by atoms with van der Waals surface area (Å²) in [6.07, 6.45) is 10.5. The van der Waals surface area contributed by atoms with E-state index in [2.05, 4.69) is 62.9 Å². The Labute approximate surface area is 157 Å². The van der Waals surface area contributed by atoms with E-state index in [1.165, 1.54) is 28.3 Å². The summed E-state index contributed by atoms with van der Waals surface area (Å²) in [6.45, 7) is 3.55. The third-order valence-electron chi connectivity index (χ3n) is 5.04. The number of fused-ring (bicyclic) bond motifs is 1. The number of H-pyrrole nitrogens is 1. The number of thiophene rings is 1. The number of nitrogens with one attached hydrogen (secondary N) is 2. The third-order valence-corrected chi connectivity index (χ3v) is 5.72. The zero-order valence-electron chi connectivity index (χ0n) is 14.7. The van der Waals surface area contributed by atoms with Crippen molar-refractivity contribution in [1.29, 1.82) is 0 Å². The maximum absolute atomic E-state index is 11.7. The highest BCUT2D eigenvalue weighted by Crippen LogP contribution is 2.45. The van der Waals surface area contributed by atoms with Crippen molar-refractivity contribution in [2.75, 3.05) is 7.05 Å². The number of hydrogen-bond acceptors (Lipinski definition) is 4. The highest BCUT2D eigenvalue weighted by atomic mass is 32.1. The van der Waals surface area contributed by atoms with Gasteiger partial charge in [-0.15, -0.1) is 0 Å². The summed E-state index contributed by atoms with van der Waals surface area (Å²) in [7, 11) is 2.06. The molecule has 2 aromatic heterocycles. The van der Waals surface area contributed by atoms with E-state index in [9.17, 15) is 4.79 Å². The molecule has 4 rings (SSSR count). The fraction of sp³-hybridized carbons (Fsp3) is 0.300. The van der Waals surface area contributed by atoms with E-state index in [1.807, 2.05) is 6.34 Å². The van der Waals surface area contributed by atoms with Crippen molar-refractivity contribution in [2.24, 2.45) is 4.99 Å². The van der Waals surface area contributed by atoms with Crippen LogP contribution in [0.2, 0.25) is 0 Å². The fourth-order valence-corrected chi connectivity index (χ4v) is 4.52. The summed E-state index contributed by atoms with van der Waals surface area (Å²) in [5.41, 5.74) is 4.97. The Hall–Kier alpha value is -2.60. The Kier molecular flexibility index (Phi) is 4.51. The molecule has 0 saturated heterocycles. The van der Waals surface area contributed by atoms with Crippen LogP contribution in [0.25, 0.3) is 11.1 Å². The van der Waals surface area contributed by atoms with E-state index in [4.69, 9.17) is 0 Å². The molecule has 134 valence electrons. The van der Waals surface area contributed by atoms with Gasteiger partial charge in [-0.1, -0.05) is 12.7 Å². The first kappa shape index (κ1) is 16.8. The summed E-state index contributed by atoms with van der Waals surface area (Å²) in [4.78, 5) is 21.8. The molecular weight excluding hydrogens is 344 g/mol. The van der Waals surface area contributed by atoms with Crippen LogP contribution in [0, 0.1) is 0 Å². The van der Waals surface area contributed by atoms with Gasteiger partial charge in [0.15, 0.2) is 0 Å². The van der Waals surface area contributed by atoms with Crippen molar-refractivity contribution in [3.05, 3.63) is 52.9 Å². The lowest BCUT2D eigenvalue weighted by Crippen LogP contribution is -2.36. The van der Waals surface area contributed by atoms with Gasteiger partial charge >= 0.3 is 0 Å². The molecule has 3 heterocycles. The lowest BCUT2D eigenvalue weighted by atomic mass is 9.85. The van der Waals surface area contributed by atoms with Crippen molar-refractivity contribution < 1.29 is 4.79 Å². The van der Waals surface area contributed by atoms with Crippen molar-refractivity contribution in [3.8, 4) is 11.1 Å². The average Bonchev–Trinajstić information content (AvgIpc) is 3.31. The fourth-order valence-electron chi connectivity index (χ4n) is 3.86. The Bertz CT molecular complexity index is 878. The van der Waals surface area contributed by atoms with E-state index >= 15 is 0 Å². The highest BCUT2D eigenvalue weighted by molar-refractivity contribution is 7.08. The predicted octanol–water partition coefficient (Wildman–Crippen LogP) is 4.17. The monoisotopic (exact) mass is 366 g/mol. The van der Waals surface area contributed by atoms with Crippen LogP contribution < -0.4 is 5.32 Å². The molecule has 6 heteroatoms. The molecule has 0 radical (unpaired) electrons. The van der Waals surface area contributed by atoms with E-state index in [0.29, 0.717) is 0 Å². The molecular formula is C20H22N4OS. The van der Waals surface area contributed by atoms with Crippen LogP contribution in [0.4, 0.5) is 5.82 Å². The molecule has 2 aromatic rings. The maximum atomic E-state index is 11.7. The number of carbonyl (C=O) groups is 1. The number of aromatic amines is 1. The zero-order chi connectivity index (χ0) is 18.1. The second kappa shape index (κ2) is 6.96. The zero-order valence-corrected chi connectivity index (χ0v) is 15.6. The van der Waals surface area contributed by atoms with Gasteiger partial charge in [-0.3, -0.25) is 4.79 Å². The van der Waals surface area contributed by atoms with E-state index < -0.39 is 0 Å². The van der Waals surface area contributed by atoms with Crippen molar-refractivity contribution >= 4 is 29.4 Å². The standard InChI is InChI=1S/C20H22N4OS/c1-3-17(25)23-15-6-4-5-13(9-15)19-18-16(14-7-8-26-11-14)10-21-20(18)22-12-24(19)2/h3,7-12,15,19,21H,1,4-6H2,2H3,(H,23,25). The highest BCUT2D eigenvalue weighted by Gasteiger charge is 2.32. The minimum Gasteiger partial charge on any atom is -0.355 e. The van der Waals surface area contributed by atoms with Gasteiger partial charge in [0, 0.05) is 30.4 Å². The quantitative estimate of drug-likeness (QED) is 0.630. The number of likely N-dealkylation sites (N-methyl/N-ethyl adjacent to an activating group) is 1. The van der Waals surface area contributed by atoms with E-state index in [1.54, 1.807) is 11.3 Å². The Morgan fingerprint density at radius 2 is 2.42 bits per heavy atom. The summed E-state index contributed by atoms with van der Waals surface area (Å²) in [5.74, 6) is 0.805. The van der Waals surface area contributed by atoms with E-state index in [0.717, 1.165) is 25.1 Å². The Balaban J connectivity index is 1.73. The first-order valence-corrected chi connectivity index (χ1v) is 9.75. The van der Waals surface area contributed by atoms with Crippen LogP contribution in [0.3, 0.4) is 0 Å². The van der Waals surface area contributed by atoms with Crippen LogP contribution in [-0.4, -0.2) is 35.2 Å². The Morgan fingerprint density at radius 3 is 3.19 bits per heavy atom. The predicted molar refractivity (Wildman–Crippen MR) is 107 cm³/mol. The van der Waals surface area contributed by atoms with Gasteiger partial charge in [0.2, 0.25) is 5.91 Å². The molecule has 0 spiro atoms. The minimum atomic E-state index is -0.118. The molecule has 2 atom stereocenters. The first-order chi connectivity index (χ1) is 12.7. The first-order valence-electron chi connectivity index (χ1n) is 8.81. The summed E-state index contributed by atoms with van der Waals surface area (Å²) < 4.78 is 0. The smallest absolute Gasteiger partial charge is 0.243 e. The second-order valence-electron chi connectivity index (χ2n) is 6.74. The van der Waals surface area contributed by atoms with Gasteiger partial charge in [-0.25, -0.2) is 4.99 Å². The van der Waals surface area contributed by atoms with Crippen molar-refractivity contribution in [1.82, 2.24) is 15.2 Å². The largest absolute Gasteiger partial charge is 0.355 e. The number of hydrogen-bond donors (Lipinski definition) is 2. The van der Waals surface area contributed by atoms with Crippen molar-refractivity contribution in [2.45, 2.75) is 31.3 Å². The summed E-state index contributed by atoms with van der Waals surface area (Å²) in [6, 6.07) is 2.34. The molecule has 1 aliphatic heterocycles. The summed E-state index contributed by atoms with van der Waals surface area (Å²) in [5, 5.41) is 7.29. The average molecular weight is 366 g/mol. The second-order valence-corrected chi connectivity index (χ2v) is 7.52. The molecule has 1 aliphatic carbocycles. The number of amides is 1. The number of aromatic nitrogens is 1. The molecule has 5 nitrogen and oxygen atoms in total. The SMILES string of the molecule is C=CC(=O)NC1C=C(C2c3c(-c4ccsc4)c[nH]c3N=CN2C)CCC1. The topological polar surface area (TPSA) is 60.5 Å². The van der Waals surface area contributed by atoms with Crippen LogP contribution in [-0.2, 0) is 4.79 Å². The third kappa shape index (κ3) is 3.01. The van der Waals surface area contributed by atoms with Crippen LogP contribution in [0.1, 0.15) is 30.9 Å². The van der Waals surface area contributed by atoms with Gasteiger partial charge in [-0.2, -0.15) is 11.3 Å². The van der Waals surface area contributed by atoms with E-state index in [-0.39, 0.29) is 18.0 Å². The number of aliphatic imine (C=N–C) groups is 1.